The van der Waals surface area contributed by atoms with E-state index in [1.54, 1.807) is 0 Å². The van der Waals surface area contributed by atoms with Gasteiger partial charge in [0.25, 0.3) is 0 Å². The molecule has 0 radical (unpaired) electrons. The summed E-state index contributed by atoms with van der Waals surface area (Å²) in [7, 11) is 2.06. The van der Waals surface area contributed by atoms with Crippen LogP contribution in [0.2, 0.25) is 5.02 Å². The van der Waals surface area contributed by atoms with Crippen LogP contribution in [0.5, 0.6) is 5.75 Å². The van der Waals surface area contributed by atoms with E-state index in [-0.39, 0.29) is 0 Å². The van der Waals surface area contributed by atoms with Crippen molar-refractivity contribution in [3.05, 3.63) is 58.6 Å². The molecule has 20 heavy (non-hydrogen) atoms. The largest absolute Gasteiger partial charge is 0.467 e. The molecule has 0 saturated heterocycles. The number of fused-ring (bicyclic) bond motifs is 1. The second-order valence-corrected chi connectivity index (χ2v) is 5.29. The van der Waals surface area contributed by atoms with Crippen LogP contribution in [0.3, 0.4) is 0 Å². The smallest absolute Gasteiger partial charge is 0.189 e. The van der Waals surface area contributed by atoms with E-state index < -0.39 is 0 Å². The lowest BCUT2D eigenvalue weighted by atomic mass is 10.1. The summed E-state index contributed by atoms with van der Waals surface area (Å²) in [6.07, 6.45) is 0. The van der Waals surface area contributed by atoms with Crippen LogP contribution in [0, 0.1) is 0 Å². The van der Waals surface area contributed by atoms with Crippen LogP contribution in [-0.4, -0.2) is 13.8 Å². The molecule has 0 bridgehead atoms. The standard InChI is InChI=1S/C16H16ClNO2/c1-18(15-5-3-2-4-6-15)9-12-7-14(17)8-13-10-19-11-20-16(12)13/h2-8H,9-11H2,1H3. The normalized spacial score (nSPS) is 13.5. The van der Waals surface area contributed by atoms with Gasteiger partial charge in [-0.05, 0) is 24.3 Å². The lowest BCUT2D eigenvalue weighted by Gasteiger charge is -2.25. The van der Waals surface area contributed by atoms with Gasteiger partial charge in [-0.25, -0.2) is 0 Å². The first kappa shape index (κ1) is 13.3. The molecule has 0 spiro atoms. The van der Waals surface area contributed by atoms with Gasteiger partial charge in [-0.3, -0.25) is 0 Å². The number of halogens is 1. The summed E-state index contributed by atoms with van der Waals surface area (Å²) in [4.78, 5) is 2.17. The predicted molar refractivity (Wildman–Crippen MR) is 80.3 cm³/mol. The Morgan fingerprint density at radius 1 is 1.20 bits per heavy atom. The fraction of sp³-hybridized carbons (Fsp3) is 0.250. The Labute approximate surface area is 123 Å². The molecule has 0 N–H and O–H groups in total. The third-order valence-corrected chi connectivity index (χ3v) is 3.57. The highest BCUT2D eigenvalue weighted by Gasteiger charge is 2.17. The van der Waals surface area contributed by atoms with Gasteiger partial charge in [0.05, 0.1) is 6.61 Å². The fourth-order valence-electron chi connectivity index (χ4n) is 2.40. The van der Waals surface area contributed by atoms with Gasteiger partial charge < -0.3 is 14.4 Å². The molecular formula is C16H16ClNO2. The first-order chi connectivity index (χ1) is 9.74. The number of hydrogen-bond acceptors (Lipinski definition) is 3. The lowest BCUT2D eigenvalue weighted by molar-refractivity contribution is -0.0170. The number of nitrogens with zero attached hydrogens (tertiary/aromatic N) is 1. The van der Waals surface area contributed by atoms with Crippen molar-refractivity contribution in [2.45, 2.75) is 13.2 Å². The zero-order valence-electron chi connectivity index (χ0n) is 11.3. The molecule has 4 heteroatoms. The summed E-state index contributed by atoms with van der Waals surface area (Å²) in [5.74, 6) is 0.906. The van der Waals surface area contributed by atoms with Gasteiger partial charge in [-0.2, -0.15) is 0 Å². The van der Waals surface area contributed by atoms with Crippen LogP contribution in [0.15, 0.2) is 42.5 Å². The summed E-state index contributed by atoms with van der Waals surface area (Å²) in [5, 5.41) is 0.717. The van der Waals surface area contributed by atoms with Crippen LogP contribution in [0.25, 0.3) is 0 Å². The Hall–Kier alpha value is -1.71. The molecule has 1 aliphatic heterocycles. The van der Waals surface area contributed by atoms with Crippen molar-refractivity contribution in [1.82, 2.24) is 0 Å². The minimum Gasteiger partial charge on any atom is -0.467 e. The second-order valence-electron chi connectivity index (χ2n) is 4.86. The van der Waals surface area contributed by atoms with E-state index in [0.29, 0.717) is 18.4 Å². The molecule has 1 heterocycles. The van der Waals surface area contributed by atoms with E-state index >= 15 is 0 Å². The molecule has 0 aromatic heterocycles. The third-order valence-electron chi connectivity index (χ3n) is 3.36. The first-order valence-electron chi connectivity index (χ1n) is 6.52. The van der Waals surface area contributed by atoms with E-state index in [1.165, 1.54) is 0 Å². The van der Waals surface area contributed by atoms with Gasteiger partial charge in [0, 0.05) is 35.4 Å². The molecule has 1 aliphatic rings. The Morgan fingerprint density at radius 3 is 2.80 bits per heavy atom. The highest BCUT2D eigenvalue weighted by molar-refractivity contribution is 6.30. The van der Waals surface area contributed by atoms with Gasteiger partial charge in [-0.1, -0.05) is 29.8 Å². The van der Waals surface area contributed by atoms with Crippen LogP contribution < -0.4 is 9.64 Å². The lowest BCUT2D eigenvalue weighted by Crippen LogP contribution is -2.19. The molecule has 0 saturated carbocycles. The Morgan fingerprint density at radius 2 is 2.00 bits per heavy atom. The van der Waals surface area contributed by atoms with Crippen molar-refractivity contribution in [3.8, 4) is 5.75 Å². The Balaban J connectivity index is 1.89. The summed E-state index contributed by atoms with van der Waals surface area (Å²) in [6.45, 7) is 1.60. The zero-order chi connectivity index (χ0) is 13.9. The number of rotatable bonds is 3. The minimum atomic E-state index is 0.302. The maximum Gasteiger partial charge on any atom is 0.189 e. The Bertz CT molecular complexity index is 601. The van der Waals surface area contributed by atoms with Crippen LogP contribution in [0.4, 0.5) is 5.69 Å². The molecule has 0 aliphatic carbocycles. The monoisotopic (exact) mass is 289 g/mol. The molecule has 0 amide bonds. The van der Waals surface area contributed by atoms with E-state index in [9.17, 15) is 0 Å². The van der Waals surface area contributed by atoms with Crippen molar-refractivity contribution in [3.63, 3.8) is 0 Å². The predicted octanol–water partition coefficient (Wildman–Crippen LogP) is 3.84. The number of benzene rings is 2. The SMILES string of the molecule is CN(Cc1cc(Cl)cc2c1OCOC2)c1ccccc1. The van der Waals surface area contributed by atoms with E-state index in [1.807, 2.05) is 30.3 Å². The number of ether oxygens (including phenoxy) is 2. The topological polar surface area (TPSA) is 21.7 Å². The summed E-state index contributed by atoms with van der Waals surface area (Å²) >= 11 is 6.18. The molecule has 0 unspecified atom stereocenters. The average molecular weight is 290 g/mol. The van der Waals surface area contributed by atoms with E-state index in [0.717, 1.165) is 29.1 Å². The van der Waals surface area contributed by atoms with Crippen molar-refractivity contribution in [2.75, 3.05) is 18.7 Å². The molecule has 104 valence electrons. The van der Waals surface area contributed by atoms with Gasteiger partial charge in [0.1, 0.15) is 5.75 Å². The number of anilines is 1. The maximum atomic E-state index is 6.18. The van der Waals surface area contributed by atoms with Crippen molar-refractivity contribution in [2.24, 2.45) is 0 Å². The first-order valence-corrected chi connectivity index (χ1v) is 6.90. The van der Waals surface area contributed by atoms with Gasteiger partial charge in [0.2, 0.25) is 0 Å². The fourth-order valence-corrected chi connectivity index (χ4v) is 2.67. The quantitative estimate of drug-likeness (QED) is 0.857. The average Bonchev–Trinajstić information content (AvgIpc) is 2.48. The van der Waals surface area contributed by atoms with Gasteiger partial charge >= 0.3 is 0 Å². The summed E-state index contributed by atoms with van der Waals surface area (Å²) in [6, 6.07) is 14.1. The van der Waals surface area contributed by atoms with Crippen LogP contribution >= 0.6 is 11.6 Å². The molecule has 0 atom stereocenters. The van der Waals surface area contributed by atoms with E-state index in [2.05, 4.69) is 24.1 Å². The maximum absolute atomic E-state index is 6.18. The molecule has 2 aromatic rings. The van der Waals surface area contributed by atoms with Crippen molar-refractivity contribution in [1.29, 1.82) is 0 Å². The van der Waals surface area contributed by atoms with Crippen molar-refractivity contribution < 1.29 is 9.47 Å². The highest BCUT2D eigenvalue weighted by Crippen LogP contribution is 2.32. The third kappa shape index (κ3) is 2.74. The number of hydrogen-bond donors (Lipinski definition) is 0. The van der Waals surface area contributed by atoms with Crippen LogP contribution in [0.1, 0.15) is 11.1 Å². The van der Waals surface area contributed by atoms with Gasteiger partial charge in [0.15, 0.2) is 6.79 Å². The molecule has 2 aromatic carbocycles. The highest BCUT2D eigenvalue weighted by atomic mass is 35.5. The summed E-state index contributed by atoms with van der Waals surface area (Å²) in [5.41, 5.74) is 3.26. The molecule has 3 rings (SSSR count). The van der Waals surface area contributed by atoms with Gasteiger partial charge in [-0.15, -0.1) is 0 Å². The zero-order valence-corrected chi connectivity index (χ0v) is 12.1. The molecular weight excluding hydrogens is 274 g/mol. The molecule has 0 fully saturated rings. The summed E-state index contributed by atoms with van der Waals surface area (Å²) < 4.78 is 10.9. The van der Waals surface area contributed by atoms with Crippen molar-refractivity contribution >= 4 is 17.3 Å². The Kier molecular flexibility index (Phi) is 3.81. The minimum absolute atomic E-state index is 0.302. The van der Waals surface area contributed by atoms with E-state index in [4.69, 9.17) is 21.1 Å². The number of para-hydroxylation sites is 1. The van der Waals surface area contributed by atoms with Crippen LogP contribution in [-0.2, 0) is 17.9 Å². The second kappa shape index (κ2) is 5.73. The molecule has 3 nitrogen and oxygen atoms in total.